The van der Waals surface area contributed by atoms with Crippen LogP contribution in [0.15, 0.2) is 84.0 Å². The maximum absolute atomic E-state index is 12.6. The lowest BCUT2D eigenvalue weighted by atomic mass is 10.0. The predicted molar refractivity (Wildman–Crippen MR) is 134 cm³/mol. The number of ketones is 1. The molecule has 170 valence electrons. The van der Waals surface area contributed by atoms with Gasteiger partial charge >= 0.3 is 0 Å². The summed E-state index contributed by atoms with van der Waals surface area (Å²) < 4.78 is 6.08. The van der Waals surface area contributed by atoms with E-state index in [0.717, 1.165) is 22.6 Å². The van der Waals surface area contributed by atoms with Crippen LogP contribution in [-0.2, 0) is 11.4 Å². The Morgan fingerprint density at radius 3 is 2.33 bits per heavy atom. The van der Waals surface area contributed by atoms with Crippen LogP contribution in [-0.4, -0.2) is 22.1 Å². The summed E-state index contributed by atoms with van der Waals surface area (Å²) >= 11 is 5.99. The minimum Gasteiger partial charge on any atom is -0.489 e. The summed E-state index contributed by atoms with van der Waals surface area (Å²) in [6, 6.07) is 25.5. The average Bonchev–Trinajstić information content (AvgIpc) is 3.21. The Labute approximate surface area is 200 Å². The van der Waals surface area contributed by atoms with Gasteiger partial charge in [-0.25, -0.2) is 5.01 Å². The molecule has 0 bridgehead atoms. The van der Waals surface area contributed by atoms with E-state index in [1.807, 2.05) is 83.9 Å². The highest BCUT2D eigenvalue weighted by Gasteiger charge is 2.43. The number of rotatable bonds is 6. The number of carbonyl (C=O) groups is 1. The molecule has 1 aliphatic heterocycles. The fourth-order valence-electron chi connectivity index (χ4n) is 3.94. The number of carbonyl (C=O) groups excluding carboxylic acids is 1. The first-order valence-corrected chi connectivity index (χ1v) is 11.3. The quantitative estimate of drug-likeness (QED) is 0.423. The Kier molecular flexibility index (Phi) is 6.43. The van der Waals surface area contributed by atoms with Crippen LogP contribution in [0.5, 0.6) is 5.75 Å². The van der Waals surface area contributed by atoms with Crippen LogP contribution >= 0.6 is 11.6 Å². The summed E-state index contributed by atoms with van der Waals surface area (Å²) in [6.45, 7) is 8.27. The van der Waals surface area contributed by atoms with E-state index >= 15 is 0 Å². The van der Waals surface area contributed by atoms with Crippen LogP contribution in [0.2, 0.25) is 5.02 Å². The van der Waals surface area contributed by atoms with E-state index in [1.54, 1.807) is 6.92 Å². The number of nitrogens with zero attached hydrogens (tertiary/aromatic N) is 3. The van der Waals surface area contributed by atoms with Gasteiger partial charge in [0.05, 0.1) is 5.69 Å². The summed E-state index contributed by atoms with van der Waals surface area (Å²) in [6.07, 6.45) is -0.287. The number of hydrogen-bond donors (Lipinski definition) is 0. The van der Waals surface area contributed by atoms with Gasteiger partial charge in [0.2, 0.25) is 0 Å². The summed E-state index contributed by atoms with van der Waals surface area (Å²) in [5.41, 5.74) is 2.61. The molecular weight excluding hydrogens is 434 g/mol. The van der Waals surface area contributed by atoms with Crippen LogP contribution in [0.4, 0.5) is 5.69 Å². The normalized spacial score (nSPS) is 16.0. The Morgan fingerprint density at radius 2 is 1.70 bits per heavy atom. The molecule has 0 saturated heterocycles. The molecule has 3 aromatic rings. The second-order valence-corrected chi connectivity index (χ2v) is 9.50. The molecule has 0 aliphatic carbocycles. The maximum atomic E-state index is 12.6. The van der Waals surface area contributed by atoms with E-state index in [4.69, 9.17) is 21.4 Å². The smallest absolute Gasteiger partial charge is 0.196 e. The summed E-state index contributed by atoms with van der Waals surface area (Å²) in [5, 5.41) is 7.39. The van der Waals surface area contributed by atoms with Gasteiger partial charge in [0.1, 0.15) is 12.4 Å². The summed E-state index contributed by atoms with van der Waals surface area (Å²) in [4.78, 5) is 14.7. The molecule has 0 amide bonds. The van der Waals surface area contributed by atoms with Gasteiger partial charge in [-0.3, -0.25) is 4.79 Å². The number of hydrogen-bond acceptors (Lipinski definition) is 5. The monoisotopic (exact) mass is 461 g/mol. The Balaban J connectivity index is 1.70. The van der Waals surface area contributed by atoms with Crippen molar-refractivity contribution >= 4 is 28.9 Å². The zero-order valence-corrected chi connectivity index (χ0v) is 20.1. The van der Waals surface area contributed by atoms with E-state index in [1.165, 1.54) is 0 Å². The minimum atomic E-state index is -0.334. The topological polar surface area (TPSA) is 45.1 Å². The summed E-state index contributed by atoms with van der Waals surface area (Å²) in [5.74, 6) is 1.13. The Bertz CT molecular complexity index is 1150. The molecule has 1 aliphatic rings. The molecule has 0 N–H and O–H groups in total. The highest BCUT2D eigenvalue weighted by Crippen LogP contribution is 2.40. The molecule has 1 heterocycles. The zero-order chi connectivity index (χ0) is 23.6. The first-order chi connectivity index (χ1) is 15.7. The molecule has 6 heteroatoms. The van der Waals surface area contributed by atoms with Gasteiger partial charge in [-0.05, 0) is 62.7 Å². The number of benzene rings is 3. The number of hydrazone groups is 1. The molecule has 0 saturated carbocycles. The number of ether oxygens (including phenoxy) is 1. The highest BCUT2D eigenvalue weighted by molar-refractivity contribution is 6.38. The van der Waals surface area contributed by atoms with Crippen molar-refractivity contribution in [3.8, 4) is 5.75 Å². The van der Waals surface area contributed by atoms with Crippen LogP contribution in [0.25, 0.3) is 0 Å². The number of anilines is 1. The second kappa shape index (κ2) is 9.28. The van der Waals surface area contributed by atoms with Gasteiger partial charge in [-0.1, -0.05) is 54.1 Å². The lowest BCUT2D eigenvalue weighted by Crippen LogP contribution is -2.49. The van der Waals surface area contributed by atoms with E-state index in [0.29, 0.717) is 17.5 Å². The summed E-state index contributed by atoms with van der Waals surface area (Å²) in [7, 11) is 0. The van der Waals surface area contributed by atoms with Crippen molar-refractivity contribution in [2.75, 3.05) is 5.01 Å². The standard InChI is InChI=1S/C27H28ClN3O2/c1-19(32)25-29-31(23-10-6-5-7-11-23)26(30(25)27(2,3)4)21-9-8-12-24(17-21)33-18-20-13-15-22(28)16-14-20/h5-17,26H,18H2,1-4H3. The molecular formula is C27H28ClN3O2. The van der Waals surface area contributed by atoms with Crippen molar-refractivity contribution in [1.82, 2.24) is 4.90 Å². The van der Waals surface area contributed by atoms with Crippen LogP contribution < -0.4 is 9.75 Å². The van der Waals surface area contributed by atoms with E-state index < -0.39 is 0 Å². The maximum Gasteiger partial charge on any atom is 0.196 e. The average molecular weight is 462 g/mol. The van der Waals surface area contributed by atoms with Crippen LogP contribution in [0, 0.1) is 0 Å². The second-order valence-electron chi connectivity index (χ2n) is 9.06. The van der Waals surface area contributed by atoms with Gasteiger partial charge in [0.25, 0.3) is 0 Å². The minimum absolute atomic E-state index is 0.0662. The Hall–Kier alpha value is -3.31. The van der Waals surface area contributed by atoms with Crippen molar-refractivity contribution in [2.24, 2.45) is 5.10 Å². The SMILES string of the molecule is CC(=O)C1=NN(c2ccccc2)C(c2cccc(OCc3ccc(Cl)cc3)c2)N1C(C)(C)C. The van der Waals surface area contributed by atoms with Gasteiger partial charge in [-0.15, -0.1) is 5.10 Å². The molecule has 3 aromatic carbocycles. The number of Topliss-reactive ketones (excluding diaryl/α,β-unsaturated/α-hetero) is 1. The van der Waals surface area contributed by atoms with Crippen LogP contribution in [0.1, 0.15) is 45.0 Å². The van der Waals surface area contributed by atoms with E-state index in [9.17, 15) is 4.79 Å². The van der Waals surface area contributed by atoms with Crippen molar-refractivity contribution in [2.45, 2.75) is 46.0 Å². The van der Waals surface area contributed by atoms with Crippen molar-refractivity contribution in [1.29, 1.82) is 0 Å². The van der Waals surface area contributed by atoms with E-state index in [-0.39, 0.29) is 17.5 Å². The molecule has 0 aromatic heterocycles. The van der Waals surface area contributed by atoms with Gasteiger partial charge < -0.3 is 9.64 Å². The predicted octanol–water partition coefficient (Wildman–Crippen LogP) is 6.44. The van der Waals surface area contributed by atoms with Gasteiger partial charge in [-0.2, -0.15) is 0 Å². The molecule has 1 atom stereocenters. The van der Waals surface area contributed by atoms with Crippen LogP contribution in [0.3, 0.4) is 0 Å². The lowest BCUT2D eigenvalue weighted by molar-refractivity contribution is -0.112. The third-order valence-corrected chi connectivity index (χ3v) is 5.69. The fraction of sp³-hybridized carbons (Fsp3) is 0.259. The Morgan fingerprint density at radius 1 is 1.00 bits per heavy atom. The lowest BCUT2D eigenvalue weighted by Gasteiger charge is -2.40. The number of halogens is 1. The van der Waals surface area contributed by atoms with E-state index in [2.05, 4.69) is 25.7 Å². The third kappa shape index (κ3) is 5.04. The molecule has 1 unspecified atom stereocenters. The van der Waals surface area contributed by atoms with Crippen molar-refractivity contribution in [3.05, 3.63) is 95.0 Å². The van der Waals surface area contributed by atoms with Gasteiger partial charge in [0.15, 0.2) is 17.8 Å². The third-order valence-electron chi connectivity index (χ3n) is 5.44. The molecule has 0 fully saturated rings. The van der Waals surface area contributed by atoms with Crippen molar-refractivity contribution < 1.29 is 9.53 Å². The molecule has 0 radical (unpaired) electrons. The number of para-hydroxylation sites is 1. The molecule has 5 nitrogen and oxygen atoms in total. The highest BCUT2D eigenvalue weighted by atomic mass is 35.5. The van der Waals surface area contributed by atoms with Crippen molar-refractivity contribution in [3.63, 3.8) is 0 Å². The molecule has 4 rings (SSSR count). The number of amidine groups is 1. The molecule has 0 spiro atoms. The first-order valence-electron chi connectivity index (χ1n) is 10.9. The fourth-order valence-corrected chi connectivity index (χ4v) is 4.06. The molecule has 33 heavy (non-hydrogen) atoms. The first kappa shape index (κ1) is 22.9. The van der Waals surface area contributed by atoms with Gasteiger partial charge in [0, 0.05) is 23.0 Å². The zero-order valence-electron chi connectivity index (χ0n) is 19.3. The largest absolute Gasteiger partial charge is 0.489 e.